The van der Waals surface area contributed by atoms with E-state index in [4.69, 9.17) is 4.74 Å². The van der Waals surface area contributed by atoms with Gasteiger partial charge < -0.3 is 10.1 Å². The Labute approximate surface area is 97.4 Å². The minimum Gasteiger partial charge on any atom is -0.460 e. The fraction of sp³-hybridized carbons (Fsp3) is 0.750. The van der Waals surface area contributed by atoms with Crippen molar-refractivity contribution in [2.75, 3.05) is 6.54 Å². The lowest BCUT2D eigenvalue weighted by atomic mass is 10.1. The number of nitrogens with one attached hydrogen (secondary N) is 2. The maximum Gasteiger partial charge on any atom is 0.344 e. The summed E-state index contributed by atoms with van der Waals surface area (Å²) in [5.41, 5.74) is 0. The number of hydrogen-bond donors (Lipinski definition) is 2. The molecule has 0 aromatic carbocycles. The minimum atomic E-state index is -0.388. The van der Waals surface area contributed by atoms with Gasteiger partial charge in [0, 0.05) is 6.54 Å². The van der Waals surface area contributed by atoms with Crippen LogP contribution >= 0.6 is 0 Å². The fourth-order valence-corrected chi connectivity index (χ4v) is 1.76. The van der Waals surface area contributed by atoms with E-state index in [2.05, 4.69) is 24.5 Å². The summed E-state index contributed by atoms with van der Waals surface area (Å²) >= 11 is 0. The van der Waals surface area contributed by atoms with Crippen LogP contribution in [-0.2, 0) is 9.53 Å². The average molecular weight is 226 g/mol. The summed E-state index contributed by atoms with van der Waals surface area (Å²) in [6, 6.07) is 0. The quantitative estimate of drug-likeness (QED) is 0.674. The zero-order valence-electron chi connectivity index (χ0n) is 10.2. The molecule has 1 aliphatic rings. The summed E-state index contributed by atoms with van der Waals surface area (Å²) in [5.74, 6) is -0.198. The Bertz CT molecular complexity index is 235. The highest BCUT2D eigenvalue weighted by molar-refractivity contribution is 5.75. The SMILES string of the molecule is CCCC(CCC)OC(=O)C1NC=CCN1. The van der Waals surface area contributed by atoms with Crippen LogP contribution in [0.25, 0.3) is 0 Å². The molecule has 1 heterocycles. The van der Waals surface area contributed by atoms with Crippen molar-refractivity contribution in [3.63, 3.8) is 0 Å². The third-order valence-corrected chi connectivity index (χ3v) is 2.56. The molecule has 2 N–H and O–H groups in total. The van der Waals surface area contributed by atoms with Gasteiger partial charge >= 0.3 is 5.97 Å². The summed E-state index contributed by atoms with van der Waals surface area (Å²) in [6.07, 6.45) is 7.38. The monoisotopic (exact) mass is 226 g/mol. The molecule has 0 bridgehead atoms. The Kier molecular flexibility index (Phi) is 5.93. The molecular formula is C12H22N2O2. The van der Waals surface area contributed by atoms with Crippen LogP contribution in [0, 0.1) is 0 Å². The molecule has 0 radical (unpaired) electrons. The third-order valence-electron chi connectivity index (χ3n) is 2.56. The summed E-state index contributed by atoms with van der Waals surface area (Å²) < 4.78 is 5.47. The first-order valence-corrected chi connectivity index (χ1v) is 6.12. The summed E-state index contributed by atoms with van der Waals surface area (Å²) in [7, 11) is 0. The predicted octanol–water partition coefficient (Wildman–Crippen LogP) is 1.53. The van der Waals surface area contributed by atoms with E-state index in [0.29, 0.717) is 6.54 Å². The number of hydrogen-bond acceptors (Lipinski definition) is 4. The number of rotatable bonds is 6. The molecule has 1 rings (SSSR count). The average Bonchev–Trinajstić information content (AvgIpc) is 2.31. The molecule has 4 nitrogen and oxygen atoms in total. The van der Waals surface area contributed by atoms with Crippen molar-refractivity contribution in [3.05, 3.63) is 12.3 Å². The zero-order chi connectivity index (χ0) is 11.8. The van der Waals surface area contributed by atoms with E-state index in [9.17, 15) is 4.79 Å². The van der Waals surface area contributed by atoms with Gasteiger partial charge in [-0.3, -0.25) is 5.32 Å². The van der Waals surface area contributed by atoms with Crippen molar-refractivity contribution in [1.82, 2.24) is 10.6 Å². The lowest BCUT2D eigenvalue weighted by Crippen LogP contribution is -2.50. The van der Waals surface area contributed by atoms with Crippen LogP contribution < -0.4 is 10.6 Å². The van der Waals surface area contributed by atoms with Crippen LogP contribution in [0.4, 0.5) is 0 Å². The molecule has 1 aliphatic heterocycles. The van der Waals surface area contributed by atoms with Gasteiger partial charge in [-0.15, -0.1) is 0 Å². The molecule has 1 unspecified atom stereocenters. The van der Waals surface area contributed by atoms with Crippen molar-refractivity contribution >= 4 is 5.97 Å². The van der Waals surface area contributed by atoms with Gasteiger partial charge in [0.1, 0.15) is 6.10 Å². The van der Waals surface area contributed by atoms with E-state index in [-0.39, 0.29) is 18.2 Å². The van der Waals surface area contributed by atoms with Gasteiger partial charge in [-0.05, 0) is 19.0 Å². The Morgan fingerprint density at radius 2 is 2.12 bits per heavy atom. The molecule has 0 saturated heterocycles. The van der Waals surface area contributed by atoms with Gasteiger partial charge in [-0.25, -0.2) is 4.79 Å². The van der Waals surface area contributed by atoms with E-state index < -0.39 is 0 Å². The molecule has 4 heteroatoms. The lowest BCUT2D eigenvalue weighted by Gasteiger charge is -2.23. The minimum absolute atomic E-state index is 0.0667. The number of esters is 1. The van der Waals surface area contributed by atoms with Gasteiger partial charge in [0.2, 0.25) is 0 Å². The maximum absolute atomic E-state index is 11.8. The Hall–Kier alpha value is -1.03. The van der Waals surface area contributed by atoms with Crippen LogP contribution in [0.1, 0.15) is 39.5 Å². The van der Waals surface area contributed by atoms with Gasteiger partial charge in [0.15, 0.2) is 6.17 Å². The Morgan fingerprint density at radius 1 is 1.44 bits per heavy atom. The van der Waals surface area contributed by atoms with Crippen molar-refractivity contribution in [2.24, 2.45) is 0 Å². The van der Waals surface area contributed by atoms with E-state index >= 15 is 0 Å². The van der Waals surface area contributed by atoms with Gasteiger partial charge in [0.25, 0.3) is 0 Å². The van der Waals surface area contributed by atoms with Gasteiger partial charge in [-0.1, -0.05) is 32.8 Å². The highest BCUT2D eigenvalue weighted by atomic mass is 16.5. The first-order chi connectivity index (χ1) is 7.77. The van der Waals surface area contributed by atoms with Gasteiger partial charge in [0.05, 0.1) is 0 Å². The molecular weight excluding hydrogens is 204 g/mol. The normalized spacial score (nSPS) is 19.6. The van der Waals surface area contributed by atoms with E-state index in [1.54, 1.807) is 6.20 Å². The molecule has 0 aromatic rings. The van der Waals surface area contributed by atoms with Crippen LogP contribution in [0.3, 0.4) is 0 Å². The van der Waals surface area contributed by atoms with Crippen molar-refractivity contribution in [2.45, 2.75) is 51.8 Å². The predicted molar refractivity (Wildman–Crippen MR) is 63.8 cm³/mol. The molecule has 0 spiro atoms. The van der Waals surface area contributed by atoms with Crippen molar-refractivity contribution in [1.29, 1.82) is 0 Å². The molecule has 0 aromatic heterocycles. The number of ether oxygens (including phenoxy) is 1. The first-order valence-electron chi connectivity index (χ1n) is 6.12. The van der Waals surface area contributed by atoms with Crippen LogP contribution in [-0.4, -0.2) is 24.8 Å². The molecule has 0 fully saturated rings. The highest BCUT2D eigenvalue weighted by Gasteiger charge is 2.22. The number of carbonyl (C=O) groups excluding carboxylic acids is 1. The summed E-state index contributed by atoms with van der Waals surface area (Å²) in [4.78, 5) is 11.8. The molecule has 92 valence electrons. The van der Waals surface area contributed by atoms with Crippen LogP contribution in [0.5, 0.6) is 0 Å². The third kappa shape index (κ3) is 4.23. The van der Waals surface area contributed by atoms with Crippen molar-refractivity contribution in [3.8, 4) is 0 Å². The Morgan fingerprint density at radius 3 is 2.62 bits per heavy atom. The largest absolute Gasteiger partial charge is 0.460 e. The second kappa shape index (κ2) is 7.28. The van der Waals surface area contributed by atoms with E-state index in [1.165, 1.54) is 0 Å². The molecule has 0 amide bonds. The molecule has 0 saturated carbocycles. The van der Waals surface area contributed by atoms with Crippen molar-refractivity contribution < 1.29 is 9.53 Å². The summed E-state index contributed by atoms with van der Waals surface area (Å²) in [5, 5.41) is 5.98. The lowest BCUT2D eigenvalue weighted by molar-refractivity contribution is -0.153. The van der Waals surface area contributed by atoms with Crippen LogP contribution in [0.2, 0.25) is 0 Å². The van der Waals surface area contributed by atoms with Crippen LogP contribution in [0.15, 0.2) is 12.3 Å². The van der Waals surface area contributed by atoms with E-state index in [1.807, 2.05) is 6.08 Å². The molecule has 16 heavy (non-hydrogen) atoms. The summed E-state index contributed by atoms with van der Waals surface area (Å²) in [6.45, 7) is 4.92. The standard InChI is InChI=1S/C12H22N2O2/c1-3-6-10(7-4-2)16-12(15)11-13-8-5-9-14-11/h5,8,10-11,13-14H,3-4,6-7,9H2,1-2H3. The zero-order valence-corrected chi connectivity index (χ0v) is 10.2. The fourth-order valence-electron chi connectivity index (χ4n) is 1.76. The first kappa shape index (κ1) is 13.0. The van der Waals surface area contributed by atoms with E-state index in [0.717, 1.165) is 25.7 Å². The maximum atomic E-state index is 11.8. The topological polar surface area (TPSA) is 50.4 Å². The Balaban J connectivity index is 2.37. The highest BCUT2D eigenvalue weighted by Crippen LogP contribution is 2.10. The molecule has 0 aliphatic carbocycles. The number of carbonyl (C=O) groups is 1. The second-order valence-electron chi connectivity index (χ2n) is 4.05. The second-order valence-corrected chi connectivity index (χ2v) is 4.05. The molecule has 1 atom stereocenters. The van der Waals surface area contributed by atoms with Gasteiger partial charge in [-0.2, -0.15) is 0 Å². The smallest absolute Gasteiger partial charge is 0.344 e.